The average molecular weight is 200 g/mol. The van der Waals surface area contributed by atoms with E-state index in [1.54, 1.807) is 6.92 Å². The van der Waals surface area contributed by atoms with Crippen LogP contribution in [0.15, 0.2) is 12.2 Å². The van der Waals surface area contributed by atoms with E-state index in [2.05, 4.69) is 23.0 Å². The normalized spacial score (nSPS) is 9.46. The molecule has 0 aromatic heterocycles. The average Bonchev–Trinajstić information content (AvgIpc) is 2.02. The second-order valence-corrected chi connectivity index (χ2v) is 6.87. The predicted octanol–water partition coefficient (Wildman–Crippen LogP) is 2.18. The molecule has 0 aromatic carbocycles. The van der Waals surface area contributed by atoms with Gasteiger partial charge in [0.2, 0.25) is 0 Å². The molecule has 0 radical (unpaired) electrons. The smallest absolute Gasteiger partial charge is 0.293 e. The van der Waals surface area contributed by atoms with Crippen LogP contribution in [0.2, 0.25) is 16.9 Å². The van der Waals surface area contributed by atoms with Gasteiger partial charge in [0.15, 0.2) is 0 Å². The highest BCUT2D eigenvalue weighted by Gasteiger charge is 2.04. The minimum absolute atomic E-state index is 0.359. The molecular formula is C9H17AlO3. The Bertz CT molecular complexity index is 178. The lowest BCUT2D eigenvalue weighted by Crippen LogP contribution is -2.08. The molecule has 13 heavy (non-hydrogen) atoms. The van der Waals surface area contributed by atoms with E-state index in [0.29, 0.717) is 12.2 Å². The van der Waals surface area contributed by atoms with Crippen molar-refractivity contribution in [3.63, 3.8) is 0 Å². The summed E-state index contributed by atoms with van der Waals surface area (Å²) in [4.78, 5) is 20.0. The maximum absolute atomic E-state index is 10.8. The van der Waals surface area contributed by atoms with Gasteiger partial charge in [0, 0.05) is 5.57 Å². The number of hydrogen-bond donors (Lipinski definition) is 0. The van der Waals surface area contributed by atoms with Gasteiger partial charge in [0.05, 0.1) is 6.61 Å². The largest absolute Gasteiger partial charge is 0.368 e. The third-order valence-electron chi connectivity index (χ3n) is 1.49. The van der Waals surface area contributed by atoms with Crippen LogP contribution in [0.3, 0.4) is 0 Å². The Morgan fingerprint density at radius 1 is 1.46 bits per heavy atom. The Morgan fingerprint density at radius 2 is 2.08 bits per heavy atom. The summed E-state index contributed by atoms with van der Waals surface area (Å²) in [6.07, 6.45) is 0.966. The van der Waals surface area contributed by atoms with E-state index in [9.17, 15) is 4.79 Å². The molecule has 0 saturated heterocycles. The highest BCUT2D eigenvalue weighted by molar-refractivity contribution is 6.55. The van der Waals surface area contributed by atoms with Gasteiger partial charge >= 0.3 is 5.97 Å². The van der Waals surface area contributed by atoms with Crippen LogP contribution in [-0.2, 0) is 14.6 Å². The van der Waals surface area contributed by atoms with Gasteiger partial charge in [-0.2, -0.15) is 4.89 Å². The van der Waals surface area contributed by atoms with E-state index in [1.165, 1.54) is 5.28 Å². The van der Waals surface area contributed by atoms with Crippen molar-refractivity contribution in [2.45, 2.75) is 30.2 Å². The van der Waals surface area contributed by atoms with E-state index >= 15 is 0 Å². The maximum atomic E-state index is 10.8. The molecule has 0 atom stereocenters. The monoisotopic (exact) mass is 200 g/mol. The Balaban J connectivity index is 3.26. The van der Waals surface area contributed by atoms with E-state index < -0.39 is 20.1 Å². The summed E-state index contributed by atoms with van der Waals surface area (Å²) < 4.78 is 0. The Kier molecular flexibility index (Phi) is 6.98. The van der Waals surface area contributed by atoms with Crippen molar-refractivity contribution in [2.75, 3.05) is 6.61 Å². The molecule has 0 aromatic rings. The third kappa shape index (κ3) is 8.04. The summed E-state index contributed by atoms with van der Waals surface area (Å²) in [5, 5.41) is 1.21. The summed E-state index contributed by atoms with van der Waals surface area (Å²) in [5.41, 5.74) is 0.359. The molecule has 0 spiro atoms. The molecule has 74 valence electrons. The minimum Gasteiger partial charge on any atom is -0.293 e. The van der Waals surface area contributed by atoms with Crippen LogP contribution in [-0.4, -0.2) is 26.7 Å². The van der Waals surface area contributed by atoms with Gasteiger partial charge < -0.3 is 0 Å². The fourth-order valence-corrected chi connectivity index (χ4v) is 1.70. The van der Waals surface area contributed by atoms with Gasteiger partial charge in [-0.3, -0.25) is 4.89 Å². The number of rotatable bonds is 6. The molecule has 0 N–H and O–H groups in total. The molecule has 0 unspecified atom stereocenters. The van der Waals surface area contributed by atoms with Crippen molar-refractivity contribution in [2.24, 2.45) is 0 Å². The molecule has 0 aliphatic rings. The molecule has 0 amide bonds. The lowest BCUT2D eigenvalue weighted by atomic mass is 10.4. The van der Waals surface area contributed by atoms with Crippen molar-refractivity contribution < 1.29 is 14.6 Å². The van der Waals surface area contributed by atoms with Gasteiger partial charge in [-0.05, 0) is 13.3 Å². The van der Waals surface area contributed by atoms with Gasteiger partial charge in [-0.25, -0.2) is 4.79 Å². The molecule has 0 saturated carbocycles. The Hall–Kier alpha value is -0.298. The summed E-state index contributed by atoms with van der Waals surface area (Å²) in [5.74, 6) is 4.07. The predicted molar refractivity (Wildman–Crippen MR) is 53.8 cm³/mol. The van der Waals surface area contributed by atoms with Gasteiger partial charge in [-0.1, -0.05) is 11.9 Å². The number of hydrogen-bond acceptors (Lipinski definition) is 3. The second kappa shape index (κ2) is 7.14. The molecular weight excluding hydrogens is 183 g/mol. The molecule has 0 fully saturated rings. The van der Waals surface area contributed by atoms with Crippen molar-refractivity contribution in [3.8, 4) is 0 Å². The van der Waals surface area contributed by atoms with Crippen molar-refractivity contribution in [1.29, 1.82) is 0 Å². The minimum atomic E-state index is -0.496. The van der Waals surface area contributed by atoms with Crippen LogP contribution < -0.4 is 0 Å². The van der Waals surface area contributed by atoms with E-state index in [0.717, 1.165) is 6.42 Å². The number of carbonyl (C=O) groups is 1. The standard InChI is InChI=1S/C7H11O3.2CH3.Al/c1-4-5-9-10-7(8)6(2)3;;;/h1-2,4-5H2,3H3;2*1H3;. The van der Waals surface area contributed by atoms with Gasteiger partial charge in [-0.15, -0.1) is 11.6 Å². The van der Waals surface area contributed by atoms with Gasteiger partial charge in [0.1, 0.15) is 0 Å². The Morgan fingerprint density at radius 3 is 2.54 bits per heavy atom. The topological polar surface area (TPSA) is 35.5 Å². The van der Waals surface area contributed by atoms with Crippen LogP contribution in [0, 0.1) is 0 Å². The van der Waals surface area contributed by atoms with E-state index in [4.69, 9.17) is 4.89 Å². The van der Waals surface area contributed by atoms with Gasteiger partial charge in [0.25, 0.3) is 14.1 Å². The van der Waals surface area contributed by atoms with Crippen LogP contribution in [0.1, 0.15) is 13.3 Å². The fraction of sp³-hybridized carbons (Fsp3) is 0.667. The zero-order valence-corrected chi connectivity index (χ0v) is 9.79. The molecule has 0 bridgehead atoms. The highest BCUT2D eigenvalue weighted by atomic mass is 27.2. The first-order chi connectivity index (χ1) is 6.04. The fourth-order valence-electron chi connectivity index (χ4n) is 0.717. The highest BCUT2D eigenvalue weighted by Crippen LogP contribution is 1.99. The lowest BCUT2D eigenvalue weighted by Gasteiger charge is -2.02. The summed E-state index contributed by atoms with van der Waals surface area (Å²) in [7, 11) is 0. The van der Waals surface area contributed by atoms with E-state index in [1.807, 2.05) is 0 Å². The van der Waals surface area contributed by atoms with E-state index in [-0.39, 0.29) is 0 Å². The second-order valence-electron chi connectivity index (χ2n) is 3.51. The molecule has 0 rings (SSSR count). The molecule has 3 nitrogen and oxygen atoms in total. The Labute approximate surface area is 84.0 Å². The molecule has 0 aliphatic heterocycles. The van der Waals surface area contributed by atoms with Crippen molar-refractivity contribution in [3.05, 3.63) is 12.2 Å². The summed E-state index contributed by atoms with van der Waals surface area (Å²) >= 11 is -0.496. The first-order valence-corrected chi connectivity index (χ1v) is 7.66. The summed E-state index contributed by atoms with van der Waals surface area (Å²) in [6.45, 7) is 5.51. The van der Waals surface area contributed by atoms with Crippen molar-refractivity contribution in [1.82, 2.24) is 0 Å². The third-order valence-corrected chi connectivity index (χ3v) is 3.06. The number of carbonyl (C=O) groups excluding carboxylic acids is 1. The molecule has 4 heteroatoms. The van der Waals surface area contributed by atoms with Crippen molar-refractivity contribution >= 4 is 20.1 Å². The quantitative estimate of drug-likeness (QED) is 0.217. The lowest BCUT2D eigenvalue weighted by molar-refractivity contribution is -0.268. The first-order valence-electron chi connectivity index (χ1n) is 4.53. The maximum Gasteiger partial charge on any atom is 0.368 e. The van der Waals surface area contributed by atoms with Crippen LogP contribution >= 0.6 is 0 Å². The van der Waals surface area contributed by atoms with Crippen LogP contribution in [0.4, 0.5) is 0 Å². The molecule has 0 aliphatic carbocycles. The SMILES string of the molecule is C=C(C)C(=O)OOCC[CH2][Al]([CH3])[CH3]. The zero-order chi connectivity index (χ0) is 10.3. The van der Waals surface area contributed by atoms with Crippen LogP contribution in [0.25, 0.3) is 0 Å². The summed E-state index contributed by atoms with van der Waals surface area (Å²) in [6, 6.07) is 0. The first kappa shape index (κ1) is 12.7. The molecule has 0 heterocycles. The zero-order valence-electron chi connectivity index (χ0n) is 8.63. The van der Waals surface area contributed by atoms with Crippen LogP contribution in [0.5, 0.6) is 0 Å².